The van der Waals surface area contributed by atoms with Crippen LogP contribution in [0.1, 0.15) is 6.92 Å². The van der Waals surface area contributed by atoms with Crippen molar-refractivity contribution >= 4 is 34.7 Å². The Hall–Kier alpha value is -3.35. The average molecular weight is 325 g/mol. The third kappa shape index (κ3) is 3.70. The lowest BCUT2D eigenvalue weighted by molar-refractivity contribution is -0.150. The van der Waals surface area contributed by atoms with Crippen molar-refractivity contribution in [3.05, 3.63) is 54.6 Å². The zero-order valence-corrected chi connectivity index (χ0v) is 12.9. The number of nitrogens with one attached hydrogen (secondary N) is 2. The van der Waals surface area contributed by atoms with Crippen LogP contribution in [0.5, 0.6) is 0 Å². The summed E-state index contributed by atoms with van der Waals surface area (Å²) in [5, 5.41) is 5.34. The Morgan fingerprint density at radius 1 is 1.08 bits per heavy atom. The van der Waals surface area contributed by atoms with Crippen molar-refractivity contribution in [1.29, 1.82) is 0 Å². The molecule has 0 saturated heterocycles. The van der Waals surface area contributed by atoms with E-state index in [0.717, 1.165) is 0 Å². The van der Waals surface area contributed by atoms with Gasteiger partial charge >= 0.3 is 5.97 Å². The number of ether oxygens (including phenoxy) is 1. The second-order valence-electron chi connectivity index (χ2n) is 4.98. The van der Waals surface area contributed by atoms with Gasteiger partial charge in [0, 0.05) is 12.6 Å². The number of fused-ring (bicyclic) bond motifs is 1. The number of oxazole rings is 1. The van der Waals surface area contributed by atoms with Gasteiger partial charge in [-0.25, -0.2) is 0 Å². The molecule has 0 fully saturated rings. The fourth-order valence-corrected chi connectivity index (χ4v) is 2.09. The normalized spacial score (nSPS) is 11.7. The Kier molecular flexibility index (Phi) is 4.42. The van der Waals surface area contributed by atoms with Gasteiger partial charge < -0.3 is 14.5 Å². The molecule has 24 heavy (non-hydrogen) atoms. The van der Waals surface area contributed by atoms with E-state index in [2.05, 4.69) is 15.6 Å². The molecule has 7 heteroatoms. The van der Waals surface area contributed by atoms with Gasteiger partial charge in [-0.15, -0.1) is 0 Å². The van der Waals surface area contributed by atoms with Crippen LogP contribution in [0.15, 0.2) is 59.0 Å². The zero-order chi connectivity index (χ0) is 16.9. The van der Waals surface area contributed by atoms with Crippen LogP contribution >= 0.6 is 0 Å². The van der Waals surface area contributed by atoms with Crippen molar-refractivity contribution in [1.82, 2.24) is 4.98 Å². The van der Waals surface area contributed by atoms with E-state index in [1.54, 1.807) is 36.4 Å². The number of benzene rings is 2. The maximum atomic E-state index is 12.3. The van der Waals surface area contributed by atoms with Gasteiger partial charge in [0.2, 0.25) is 0 Å². The summed E-state index contributed by atoms with van der Waals surface area (Å²) in [4.78, 5) is 27.8. The molecular weight excluding hydrogens is 310 g/mol. The van der Waals surface area contributed by atoms with Crippen molar-refractivity contribution in [3.8, 4) is 0 Å². The topological polar surface area (TPSA) is 93.5 Å². The summed E-state index contributed by atoms with van der Waals surface area (Å²) in [6.07, 6.45) is -1.27. The van der Waals surface area contributed by atoms with Crippen molar-refractivity contribution in [2.75, 3.05) is 10.6 Å². The van der Waals surface area contributed by atoms with E-state index >= 15 is 0 Å². The first-order chi connectivity index (χ1) is 11.6. The predicted molar refractivity (Wildman–Crippen MR) is 88.3 cm³/mol. The molecule has 1 heterocycles. The van der Waals surface area contributed by atoms with Crippen molar-refractivity contribution < 1.29 is 18.7 Å². The maximum absolute atomic E-state index is 12.3. The number of hydrogen-bond acceptors (Lipinski definition) is 6. The summed E-state index contributed by atoms with van der Waals surface area (Å²) >= 11 is 0. The van der Waals surface area contributed by atoms with Gasteiger partial charge in [0.15, 0.2) is 5.58 Å². The molecule has 0 aliphatic heterocycles. The Labute approximate surface area is 137 Å². The van der Waals surface area contributed by atoms with Crippen LogP contribution in [-0.4, -0.2) is 23.1 Å². The van der Waals surface area contributed by atoms with Crippen LogP contribution in [0.2, 0.25) is 0 Å². The molecular formula is C17H15N3O4. The van der Waals surface area contributed by atoms with Crippen molar-refractivity contribution in [2.45, 2.75) is 13.2 Å². The molecule has 0 bridgehead atoms. The average Bonchev–Trinajstić information content (AvgIpc) is 2.97. The van der Waals surface area contributed by atoms with E-state index < -0.39 is 18.1 Å². The van der Waals surface area contributed by atoms with Crippen LogP contribution in [0, 0.1) is 0 Å². The Morgan fingerprint density at radius 3 is 2.50 bits per heavy atom. The summed E-state index contributed by atoms with van der Waals surface area (Å²) in [6, 6.07) is 16.1. The number of para-hydroxylation sites is 3. The Bertz CT molecular complexity index is 827. The van der Waals surface area contributed by atoms with Gasteiger partial charge in [0.05, 0.1) is 0 Å². The smallest absolute Gasteiger partial charge is 0.304 e. The number of amides is 1. The lowest BCUT2D eigenvalue weighted by Crippen LogP contribution is -2.38. The minimum atomic E-state index is -1.27. The fourth-order valence-electron chi connectivity index (χ4n) is 2.09. The molecule has 3 rings (SSSR count). The number of nitrogens with zero attached hydrogens (tertiary/aromatic N) is 1. The van der Waals surface area contributed by atoms with Gasteiger partial charge in [-0.05, 0) is 24.3 Å². The SMILES string of the molecule is CC(=O)OC(Nc1nc2ccccc2o1)C(=O)Nc1ccccc1. The molecule has 0 saturated carbocycles. The largest absolute Gasteiger partial charge is 0.432 e. The monoisotopic (exact) mass is 325 g/mol. The van der Waals surface area contributed by atoms with Gasteiger partial charge in [-0.3, -0.25) is 14.9 Å². The standard InChI is InChI=1S/C17H15N3O4/c1-11(21)23-16(15(22)18-12-7-3-2-4-8-12)20-17-19-13-9-5-6-10-14(13)24-17/h2-10,16H,1H3,(H,18,22)(H,19,20). The number of anilines is 2. The van der Waals surface area contributed by atoms with Crippen LogP contribution in [0.25, 0.3) is 11.1 Å². The second-order valence-corrected chi connectivity index (χ2v) is 4.98. The summed E-state index contributed by atoms with van der Waals surface area (Å²) in [5.74, 6) is -1.15. The molecule has 2 aromatic carbocycles. The van der Waals surface area contributed by atoms with Gasteiger partial charge in [-0.2, -0.15) is 4.98 Å². The number of hydrogen-bond donors (Lipinski definition) is 2. The van der Waals surface area contributed by atoms with Crippen LogP contribution < -0.4 is 10.6 Å². The highest BCUT2D eigenvalue weighted by atomic mass is 16.6. The van der Waals surface area contributed by atoms with Crippen molar-refractivity contribution in [3.63, 3.8) is 0 Å². The number of rotatable bonds is 5. The maximum Gasteiger partial charge on any atom is 0.304 e. The van der Waals surface area contributed by atoms with Crippen LogP contribution in [0.3, 0.4) is 0 Å². The highest BCUT2D eigenvalue weighted by Gasteiger charge is 2.23. The Morgan fingerprint density at radius 2 is 1.79 bits per heavy atom. The molecule has 7 nitrogen and oxygen atoms in total. The van der Waals surface area contributed by atoms with Gasteiger partial charge in [0.25, 0.3) is 18.1 Å². The molecule has 0 spiro atoms. The second kappa shape index (κ2) is 6.82. The first kappa shape index (κ1) is 15.5. The quantitative estimate of drug-likeness (QED) is 0.553. The first-order valence-corrected chi connectivity index (χ1v) is 7.27. The minimum Gasteiger partial charge on any atom is -0.432 e. The molecule has 1 unspecified atom stereocenters. The number of carbonyl (C=O) groups excluding carboxylic acids is 2. The van der Waals surface area contributed by atoms with E-state index in [4.69, 9.17) is 9.15 Å². The number of carbonyl (C=O) groups is 2. The van der Waals surface area contributed by atoms with E-state index in [-0.39, 0.29) is 6.01 Å². The predicted octanol–water partition coefficient (Wildman–Crippen LogP) is 2.77. The van der Waals surface area contributed by atoms with Crippen LogP contribution in [-0.2, 0) is 14.3 Å². The third-order valence-corrected chi connectivity index (χ3v) is 3.11. The third-order valence-electron chi connectivity index (χ3n) is 3.11. The Balaban J connectivity index is 1.77. The molecule has 122 valence electrons. The molecule has 0 radical (unpaired) electrons. The molecule has 1 amide bonds. The van der Waals surface area contributed by atoms with E-state index in [0.29, 0.717) is 16.8 Å². The lowest BCUT2D eigenvalue weighted by atomic mass is 10.3. The highest BCUT2D eigenvalue weighted by molar-refractivity contribution is 5.96. The highest BCUT2D eigenvalue weighted by Crippen LogP contribution is 2.19. The minimum absolute atomic E-state index is 0.0886. The van der Waals surface area contributed by atoms with E-state index in [1.165, 1.54) is 6.92 Å². The zero-order valence-electron chi connectivity index (χ0n) is 12.9. The van der Waals surface area contributed by atoms with E-state index in [1.807, 2.05) is 18.2 Å². The van der Waals surface area contributed by atoms with E-state index in [9.17, 15) is 9.59 Å². The molecule has 1 aromatic heterocycles. The molecule has 2 N–H and O–H groups in total. The summed E-state index contributed by atoms with van der Waals surface area (Å²) in [6.45, 7) is 1.22. The van der Waals surface area contributed by atoms with Crippen LogP contribution in [0.4, 0.5) is 11.7 Å². The molecule has 1 atom stereocenters. The van der Waals surface area contributed by atoms with Gasteiger partial charge in [-0.1, -0.05) is 30.3 Å². The molecule has 0 aliphatic carbocycles. The summed E-state index contributed by atoms with van der Waals surface area (Å²) in [7, 11) is 0. The fraction of sp³-hybridized carbons (Fsp3) is 0.118. The first-order valence-electron chi connectivity index (χ1n) is 7.27. The van der Waals surface area contributed by atoms with Gasteiger partial charge in [0.1, 0.15) is 5.52 Å². The van der Waals surface area contributed by atoms with Crippen molar-refractivity contribution in [2.24, 2.45) is 0 Å². The number of esters is 1. The molecule has 3 aromatic rings. The summed E-state index contributed by atoms with van der Waals surface area (Å²) < 4.78 is 10.5. The lowest BCUT2D eigenvalue weighted by Gasteiger charge is -2.16. The number of aromatic nitrogens is 1. The molecule has 0 aliphatic rings. The summed E-state index contributed by atoms with van der Waals surface area (Å²) in [5.41, 5.74) is 1.77.